The van der Waals surface area contributed by atoms with E-state index in [2.05, 4.69) is 66.9 Å². The molecule has 2 saturated heterocycles. The number of thioether (sulfide) groups is 2. The minimum absolute atomic E-state index is 0. The average Bonchev–Trinajstić information content (AvgIpc) is 3.86. The van der Waals surface area contributed by atoms with Crippen molar-refractivity contribution in [2.45, 2.75) is 59.4 Å². The SMILES string of the molecule is CSc1nc(N)c2ncn([C@@H]3O[C@H](COP(=O)([S-])OP(=O)([O-])OP(=O)([O-])OP([O-])(=S)OC[C@H]4O[C@@H](n5cnc6c(N)nc(SC)nc65)[C@H](O)[C@@H]4O)[C@@H](O)[C@H]3O)c2n1.[Na+].[Na+].[Na+].[Na+]. The Kier molecular flexibility index (Phi) is 23.4. The fraction of sp³-hybridized carbons (Fsp3) is 0.545. The van der Waals surface area contributed by atoms with Crippen LogP contribution in [0, 0.1) is 0 Å². The van der Waals surface area contributed by atoms with E-state index >= 15 is 0 Å². The number of nitrogens with zero attached hydrogens (tertiary/aromatic N) is 8. The molecule has 2 aliphatic heterocycles. The molecule has 2 fully saturated rings. The van der Waals surface area contributed by atoms with Gasteiger partial charge in [0, 0.05) is 0 Å². The summed E-state index contributed by atoms with van der Waals surface area (Å²) in [5.74, 6) is 0.0318. The third-order valence-corrected chi connectivity index (χ3v) is 16.5. The second-order valence-corrected chi connectivity index (χ2v) is 21.8. The second-order valence-electron chi connectivity index (χ2n) is 11.6. The number of phosphoric acid groups is 2. The molecule has 0 saturated carbocycles. The molecule has 2 aliphatic rings. The van der Waals surface area contributed by atoms with Crippen molar-refractivity contribution in [2.75, 3.05) is 37.2 Å². The number of anilines is 2. The Balaban J connectivity index is 0.00000320. The Morgan fingerprint density at radius 2 is 1.11 bits per heavy atom. The molecule has 0 amide bonds. The van der Waals surface area contributed by atoms with Gasteiger partial charge in [0.1, 0.15) is 54.4 Å². The fourth-order valence-corrected chi connectivity index (χ4v) is 12.7. The van der Waals surface area contributed by atoms with Gasteiger partial charge in [-0.3, -0.25) is 31.5 Å². The van der Waals surface area contributed by atoms with Crippen molar-refractivity contribution in [3.63, 3.8) is 0 Å². The third kappa shape index (κ3) is 14.3. The topological polar surface area (TPSA) is 405 Å². The molecule has 0 aromatic carbocycles. The van der Waals surface area contributed by atoms with Gasteiger partial charge in [0.15, 0.2) is 45.7 Å². The number of hydrogen-bond acceptors (Lipinski definition) is 29. The number of ether oxygens (including phenoxy) is 2. The van der Waals surface area contributed by atoms with E-state index in [4.69, 9.17) is 30.0 Å². The van der Waals surface area contributed by atoms with E-state index in [9.17, 15) is 48.8 Å². The van der Waals surface area contributed by atoms with E-state index < -0.39 is 91.5 Å². The molecule has 61 heavy (non-hydrogen) atoms. The van der Waals surface area contributed by atoms with Crippen LogP contribution in [0.1, 0.15) is 12.5 Å². The van der Waals surface area contributed by atoms with Gasteiger partial charge in [0.25, 0.3) is 15.6 Å². The Hall–Kier alpha value is 2.53. The van der Waals surface area contributed by atoms with Crippen LogP contribution in [0.25, 0.3) is 22.3 Å². The first kappa shape index (κ1) is 59.7. The summed E-state index contributed by atoms with van der Waals surface area (Å²) >= 11 is 11.3. The summed E-state index contributed by atoms with van der Waals surface area (Å²) in [5.41, 5.74) is 12.3. The molecule has 4 aromatic heterocycles. The van der Waals surface area contributed by atoms with Crippen molar-refractivity contribution in [1.82, 2.24) is 39.0 Å². The van der Waals surface area contributed by atoms with Gasteiger partial charge in [-0.25, -0.2) is 34.2 Å². The first-order valence-corrected chi connectivity index (χ1v) is 25.8. The van der Waals surface area contributed by atoms with Gasteiger partial charge >= 0.3 is 118 Å². The molecule has 4 aromatic rings. The Morgan fingerprint density at radius 3 is 1.52 bits per heavy atom. The molecule has 0 aliphatic carbocycles. The summed E-state index contributed by atoms with van der Waals surface area (Å²) in [5, 5.41) is 42.9. The first-order chi connectivity index (χ1) is 26.5. The summed E-state index contributed by atoms with van der Waals surface area (Å²) in [6.45, 7) is -12.5. The molecular formula is C22H28N10Na4O17P4S4. The zero-order valence-corrected chi connectivity index (χ0v) is 47.3. The number of imidazole rings is 2. The Bertz CT molecular complexity index is 2210. The van der Waals surface area contributed by atoms with Crippen LogP contribution in [-0.2, 0) is 69.2 Å². The summed E-state index contributed by atoms with van der Waals surface area (Å²) in [6, 6.07) is 0. The van der Waals surface area contributed by atoms with E-state index in [1.165, 1.54) is 21.8 Å². The fourth-order valence-electron chi connectivity index (χ4n) is 5.36. The molecule has 8 N–H and O–H groups in total. The van der Waals surface area contributed by atoms with Crippen LogP contribution in [0.2, 0.25) is 0 Å². The summed E-state index contributed by atoms with van der Waals surface area (Å²) < 4.78 is 72.8. The molecule has 6 heterocycles. The number of fused-ring (bicyclic) bond motifs is 2. The minimum Gasteiger partial charge on any atom is -0.779 e. The van der Waals surface area contributed by atoms with E-state index in [0.29, 0.717) is 0 Å². The van der Waals surface area contributed by atoms with Gasteiger partial charge in [-0.15, -0.1) is 0 Å². The zero-order chi connectivity index (χ0) is 41.8. The molecule has 6 rings (SSSR count). The Morgan fingerprint density at radius 1 is 0.721 bits per heavy atom. The molecule has 316 valence electrons. The molecule has 12 atom stereocenters. The summed E-state index contributed by atoms with van der Waals surface area (Å²) in [6.07, 6.45) is -6.97. The molecular weight excluding hydrogens is 1020 g/mol. The van der Waals surface area contributed by atoms with Crippen LogP contribution < -0.4 is 144 Å². The summed E-state index contributed by atoms with van der Waals surface area (Å²) in [4.78, 5) is 62.3. The van der Waals surface area contributed by atoms with E-state index in [1.807, 2.05) is 0 Å². The number of aromatic nitrogens is 8. The predicted octanol–water partition coefficient (Wildman–Crippen LogP) is -14.2. The number of aliphatic hydroxyl groups is 4. The number of nitrogen functional groups attached to an aromatic ring is 2. The maximum absolute atomic E-state index is 12.7. The molecule has 27 nitrogen and oxygen atoms in total. The average molecular weight is 1050 g/mol. The zero-order valence-electron chi connectivity index (χ0n) is 32.4. The van der Waals surface area contributed by atoms with Crippen molar-refractivity contribution in [3.05, 3.63) is 12.7 Å². The van der Waals surface area contributed by atoms with Crippen molar-refractivity contribution >= 4 is 111 Å². The van der Waals surface area contributed by atoms with Crippen LogP contribution in [0.15, 0.2) is 23.0 Å². The number of rotatable bonds is 16. The van der Waals surface area contributed by atoms with Crippen molar-refractivity contribution < 1.29 is 198 Å². The van der Waals surface area contributed by atoms with Crippen molar-refractivity contribution in [2.24, 2.45) is 0 Å². The first-order valence-electron chi connectivity index (χ1n) is 15.3. The largest absolute Gasteiger partial charge is 1.00 e. The quantitative estimate of drug-likeness (QED) is 0.0199. The maximum Gasteiger partial charge on any atom is 1.00 e. The Labute approximate surface area is 451 Å². The van der Waals surface area contributed by atoms with E-state index in [1.54, 1.807) is 12.5 Å². The van der Waals surface area contributed by atoms with Crippen LogP contribution in [0.5, 0.6) is 0 Å². The van der Waals surface area contributed by atoms with Gasteiger partial charge in [0.05, 0.1) is 25.9 Å². The molecule has 4 unspecified atom stereocenters. The molecule has 0 bridgehead atoms. The van der Waals surface area contributed by atoms with Crippen molar-refractivity contribution in [1.29, 1.82) is 0 Å². The monoisotopic (exact) mass is 1050 g/mol. The third-order valence-electron chi connectivity index (χ3n) is 7.84. The van der Waals surface area contributed by atoms with E-state index in [0.717, 1.165) is 23.5 Å². The van der Waals surface area contributed by atoms with Gasteiger partial charge in [0.2, 0.25) is 6.80 Å². The van der Waals surface area contributed by atoms with Crippen LogP contribution in [0.4, 0.5) is 11.6 Å². The van der Waals surface area contributed by atoms with Crippen molar-refractivity contribution in [3.8, 4) is 0 Å². The van der Waals surface area contributed by atoms with Gasteiger partial charge < -0.3 is 77.3 Å². The minimum atomic E-state index is -6.31. The number of hydrogen-bond donors (Lipinski definition) is 6. The molecule has 0 spiro atoms. The van der Waals surface area contributed by atoms with Crippen LogP contribution in [-0.4, -0.2) is 122 Å². The van der Waals surface area contributed by atoms with Gasteiger partial charge in [-0.1, -0.05) is 35.3 Å². The van der Waals surface area contributed by atoms with Gasteiger partial charge in [-0.05, 0) is 12.5 Å². The van der Waals surface area contributed by atoms with Crippen LogP contribution >= 0.6 is 52.7 Å². The van der Waals surface area contributed by atoms with Gasteiger partial charge in [-0.2, -0.15) is 0 Å². The standard InChI is InChI=1S/C22H32N10O17P4S4.4Na/c1-56-21-27-15(23)9-17(29-21)31(5-25-9)19-13(35)11(33)7(45-19)3-43-52(41,54)48-50(37,38)47-51(39,40)49-53(42,55)44-4-8-12(34)14(36)20(46-8)32-6-26-10-16(24)28-22(57-2)30-18(10)32;;;;/h5-8,11-14,19-20,33-36H,3-4H2,1-2H3,(H,37,38)(H,39,40)(H,41,54)(H,42,55)(H2,23,27,29)(H2,24,28,30);;;;/q;4*+1/p-4/t7-,8-,11-,12-,13-,14-,19-,20-,52?,53?;;;;/m1..../s1. The number of aliphatic hydroxyl groups excluding tert-OH is 4. The van der Waals surface area contributed by atoms with E-state index in [-0.39, 0.29) is 163 Å². The second kappa shape index (κ2) is 23.9. The molecule has 0 radical (unpaired) electrons. The van der Waals surface area contributed by atoms with Crippen LogP contribution in [0.3, 0.4) is 0 Å². The normalized spacial score (nSPS) is 27.7. The summed E-state index contributed by atoms with van der Waals surface area (Å²) in [7, 11) is -12.6. The smallest absolute Gasteiger partial charge is 0.779 e. The molecule has 39 heteroatoms. The maximum atomic E-state index is 12.7. The number of nitrogens with two attached hydrogens (primary N) is 2. The predicted molar refractivity (Wildman–Crippen MR) is 195 cm³/mol.